The first-order valence-corrected chi connectivity index (χ1v) is 7.57. The fraction of sp³-hybridized carbons (Fsp3) is 0.714. The third-order valence-electron chi connectivity index (χ3n) is 3.77. The first-order chi connectivity index (χ1) is 8.18. The Balaban J connectivity index is 2.03. The minimum Gasteiger partial charge on any atom is -0.312 e. The third-order valence-corrected chi connectivity index (χ3v) is 4.81. The predicted molar refractivity (Wildman–Crippen MR) is 75.6 cm³/mol. The molecular weight excluding hydrogens is 228 g/mol. The Labute approximate surface area is 109 Å². The number of nitrogens with zero attached hydrogens (tertiary/aromatic N) is 1. The number of thiophene rings is 1. The fourth-order valence-corrected chi connectivity index (χ4v) is 3.30. The SMILES string of the molecule is CC(C)C1CN(C(C)c2cccs2)CCCN1. The van der Waals surface area contributed by atoms with Gasteiger partial charge in [0, 0.05) is 30.1 Å². The molecule has 1 N–H and O–H groups in total. The molecule has 1 aliphatic rings. The third kappa shape index (κ3) is 3.30. The maximum Gasteiger partial charge on any atom is 0.0413 e. The Morgan fingerprint density at radius 2 is 2.24 bits per heavy atom. The summed E-state index contributed by atoms with van der Waals surface area (Å²) in [4.78, 5) is 4.13. The Morgan fingerprint density at radius 3 is 2.88 bits per heavy atom. The van der Waals surface area contributed by atoms with Crippen LogP contribution in [0.2, 0.25) is 0 Å². The lowest BCUT2D eigenvalue weighted by molar-refractivity contribution is 0.195. The van der Waals surface area contributed by atoms with E-state index in [-0.39, 0.29) is 0 Å². The molecule has 0 aliphatic carbocycles. The predicted octanol–water partition coefficient (Wildman–Crippen LogP) is 3.13. The summed E-state index contributed by atoms with van der Waals surface area (Å²) >= 11 is 1.88. The monoisotopic (exact) mass is 252 g/mol. The molecule has 1 aromatic heterocycles. The molecule has 0 saturated carbocycles. The van der Waals surface area contributed by atoms with Crippen molar-refractivity contribution in [3.8, 4) is 0 Å². The summed E-state index contributed by atoms with van der Waals surface area (Å²) in [7, 11) is 0. The molecule has 2 heterocycles. The first-order valence-electron chi connectivity index (χ1n) is 6.69. The maximum absolute atomic E-state index is 3.67. The van der Waals surface area contributed by atoms with Crippen molar-refractivity contribution < 1.29 is 0 Å². The summed E-state index contributed by atoms with van der Waals surface area (Å²) in [5.41, 5.74) is 0. The molecule has 3 heteroatoms. The van der Waals surface area contributed by atoms with Crippen molar-refractivity contribution in [3.63, 3.8) is 0 Å². The second-order valence-corrected chi connectivity index (χ2v) is 6.32. The summed E-state index contributed by atoms with van der Waals surface area (Å²) in [5, 5.41) is 5.86. The molecule has 2 unspecified atom stereocenters. The molecule has 2 atom stereocenters. The van der Waals surface area contributed by atoms with Crippen molar-refractivity contribution in [2.24, 2.45) is 5.92 Å². The zero-order valence-corrected chi connectivity index (χ0v) is 12.0. The minimum atomic E-state index is 0.566. The van der Waals surface area contributed by atoms with Gasteiger partial charge in [0.05, 0.1) is 0 Å². The average Bonchev–Trinajstić information content (AvgIpc) is 2.71. The Kier molecular flexibility index (Phi) is 4.60. The average molecular weight is 252 g/mol. The second kappa shape index (κ2) is 5.98. The summed E-state index contributed by atoms with van der Waals surface area (Å²) in [6.45, 7) is 10.5. The molecule has 1 aliphatic heterocycles. The van der Waals surface area contributed by atoms with E-state index in [0.29, 0.717) is 18.0 Å². The van der Waals surface area contributed by atoms with Gasteiger partial charge in [-0.25, -0.2) is 0 Å². The Hall–Kier alpha value is -0.380. The lowest BCUT2D eigenvalue weighted by Crippen LogP contribution is -2.41. The molecule has 0 spiro atoms. The maximum atomic E-state index is 3.67. The molecule has 0 bridgehead atoms. The highest BCUT2D eigenvalue weighted by Crippen LogP contribution is 2.26. The van der Waals surface area contributed by atoms with E-state index in [1.165, 1.54) is 24.4 Å². The lowest BCUT2D eigenvalue weighted by Gasteiger charge is -2.31. The van der Waals surface area contributed by atoms with Crippen molar-refractivity contribution in [2.45, 2.75) is 39.3 Å². The van der Waals surface area contributed by atoms with Crippen LogP contribution in [-0.2, 0) is 0 Å². The molecule has 0 radical (unpaired) electrons. The highest BCUT2D eigenvalue weighted by atomic mass is 32.1. The zero-order chi connectivity index (χ0) is 12.3. The normalized spacial score (nSPS) is 24.8. The smallest absolute Gasteiger partial charge is 0.0413 e. The van der Waals surface area contributed by atoms with Gasteiger partial charge in [0.15, 0.2) is 0 Å². The van der Waals surface area contributed by atoms with Crippen molar-refractivity contribution in [3.05, 3.63) is 22.4 Å². The minimum absolute atomic E-state index is 0.566. The summed E-state index contributed by atoms with van der Waals surface area (Å²) in [5.74, 6) is 0.714. The highest BCUT2D eigenvalue weighted by Gasteiger charge is 2.24. The van der Waals surface area contributed by atoms with E-state index < -0.39 is 0 Å². The van der Waals surface area contributed by atoms with Crippen LogP contribution in [0.1, 0.15) is 38.1 Å². The zero-order valence-electron chi connectivity index (χ0n) is 11.1. The van der Waals surface area contributed by atoms with E-state index in [1.54, 1.807) is 0 Å². The van der Waals surface area contributed by atoms with E-state index in [1.807, 2.05) is 11.3 Å². The Bertz CT molecular complexity index is 321. The van der Waals surface area contributed by atoms with E-state index in [9.17, 15) is 0 Å². The topological polar surface area (TPSA) is 15.3 Å². The molecule has 1 fully saturated rings. The van der Waals surface area contributed by atoms with Gasteiger partial charge in [-0.1, -0.05) is 19.9 Å². The van der Waals surface area contributed by atoms with Gasteiger partial charge in [0.1, 0.15) is 0 Å². The van der Waals surface area contributed by atoms with Crippen molar-refractivity contribution >= 4 is 11.3 Å². The molecule has 96 valence electrons. The van der Waals surface area contributed by atoms with Gasteiger partial charge >= 0.3 is 0 Å². The number of hydrogen-bond acceptors (Lipinski definition) is 3. The molecule has 17 heavy (non-hydrogen) atoms. The molecule has 0 aromatic carbocycles. The van der Waals surface area contributed by atoms with Crippen LogP contribution in [0.4, 0.5) is 0 Å². The van der Waals surface area contributed by atoms with Crippen LogP contribution in [0.5, 0.6) is 0 Å². The van der Waals surface area contributed by atoms with Crippen molar-refractivity contribution in [1.29, 1.82) is 0 Å². The van der Waals surface area contributed by atoms with Crippen molar-refractivity contribution in [1.82, 2.24) is 10.2 Å². The van der Waals surface area contributed by atoms with Crippen molar-refractivity contribution in [2.75, 3.05) is 19.6 Å². The molecule has 2 nitrogen and oxygen atoms in total. The van der Waals surface area contributed by atoms with Gasteiger partial charge in [-0.3, -0.25) is 4.90 Å². The highest BCUT2D eigenvalue weighted by molar-refractivity contribution is 7.10. The van der Waals surface area contributed by atoms with Gasteiger partial charge in [0.2, 0.25) is 0 Å². The number of rotatable bonds is 3. The lowest BCUT2D eigenvalue weighted by atomic mass is 10.0. The quantitative estimate of drug-likeness (QED) is 0.889. The summed E-state index contributed by atoms with van der Waals surface area (Å²) in [6, 6.07) is 5.63. The Morgan fingerprint density at radius 1 is 1.41 bits per heavy atom. The van der Waals surface area contributed by atoms with Crippen LogP contribution < -0.4 is 5.32 Å². The van der Waals surface area contributed by atoms with Crippen LogP contribution in [-0.4, -0.2) is 30.6 Å². The van der Waals surface area contributed by atoms with Crippen LogP contribution >= 0.6 is 11.3 Å². The van der Waals surface area contributed by atoms with E-state index in [0.717, 1.165) is 6.54 Å². The largest absolute Gasteiger partial charge is 0.312 e. The van der Waals surface area contributed by atoms with Gasteiger partial charge in [-0.2, -0.15) is 0 Å². The fourth-order valence-electron chi connectivity index (χ4n) is 2.49. The standard InChI is InChI=1S/C14H24N2S/c1-11(2)13-10-16(8-5-7-15-13)12(3)14-6-4-9-17-14/h4,6,9,11-13,15H,5,7-8,10H2,1-3H3. The second-order valence-electron chi connectivity index (χ2n) is 5.34. The molecular formula is C14H24N2S. The van der Waals surface area contributed by atoms with Gasteiger partial charge in [-0.05, 0) is 37.3 Å². The van der Waals surface area contributed by atoms with Gasteiger partial charge in [-0.15, -0.1) is 11.3 Å². The first kappa shape index (κ1) is 13.1. The molecule has 0 amide bonds. The molecule has 1 aromatic rings. The van der Waals surface area contributed by atoms with Crippen LogP contribution in [0, 0.1) is 5.92 Å². The molecule has 1 saturated heterocycles. The number of hydrogen-bond donors (Lipinski definition) is 1. The number of nitrogens with one attached hydrogen (secondary N) is 1. The van der Waals surface area contributed by atoms with E-state index in [4.69, 9.17) is 0 Å². The van der Waals surface area contributed by atoms with E-state index in [2.05, 4.69) is 48.5 Å². The molecule has 2 rings (SSSR count). The summed E-state index contributed by atoms with van der Waals surface area (Å²) in [6.07, 6.45) is 1.26. The van der Waals surface area contributed by atoms with Gasteiger partial charge < -0.3 is 5.32 Å². The van der Waals surface area contributed by atoms with E-state index >= 15 is 0 Å². The summed E-state index contributed by atoms with van der Waals surface area (Å²) < 4.78 is 0. The van der Waals surface area contributed by atoms with Crippen LogP contribution in [0.25, 0.3) is 0 Å². The van der Waals surface area contributed by atoms with Gasteiger partial charge in [0.25, 0.3) is 0 Å². The van der Waals surface area contributed by atoms with Crippen LogP contribution in [0.15, 0.2) is 17.5 Å². The van der Waals surface area contributed by atoms with Crippen LogP contribution in [0.3, 0.4) is 0 Å².